The first kappa shape index (κ1) is 20.2. The molecule has 0 aliphatic rings. The van der Waals surface area contributed by atoms with E-state index in [0.29, 0.717) is 5.69 Å². The third kappa shape index (κ3) is 5.17. The largest absolute Gasteiger partial charge is 0.507 e. The highest BCUT2D eigenvalue weighted by atomic mass is 32.2. The number of methoxy groups -OCH3 is 1. The van der Waals surface area contributed by atoms with Crippen LogP contribution in [0.4, 0.5) is 11.4 Å². The monoisotopic (exact) mass is 394 g/mol. The summed E-state index contributed by atoms with van der Waals surface area (Å²) in [6.45, 7) is 1.03. The van der Waals surface area contributed by atoms with Crippen LogP contribution in [0.15, 0.2) is 44.5 Å². The average Bonchev–Trinajstić information content (AvgIpc) is 2.57. The molecule has 0 radical (unpaired) electrons. The fourth-order valence-corrected chi connectivity index (χ4v) is 3.01. The van der Waals surface area contributed by atoms with Crippen molar-refractivity contribution in [3.63, 3.8) is 0 Å². The number of aromatic hydroxyl groups is 1. The van der Waals surface area contributed by atoms with Crippen LogP contribution >= 0.6 is 0 Å². The van der Waals surface area contributed by atoms with Gasteiger partial charge in [0.25, 0.3) is 0 Å². The van der Waals surface area contributed by atoms with Gasteiger partial charge in [-0.3, -0.25) is 14.1 Å². The van der Waals surface area contributed by atoms with Gasteiger partial charge in [-0.15, -0.1) is 0 Å². The molecule has 1 N–H and O–H groups in total. The van der Waals surface area contributed by atoms with Crippen LogP contribution < -0.4 is 9.93 Å². The average molecular weight is 394 g/mol. The highest BCUT2D eigenvalue weighted by molar-refractivity contribution is 7.92. The predicted molar refractivity (Wildman–Crippen MR) is 99.3 cm³/mol. The molecule has 1 aromatic heterocycles. The first-order valence-electron chi connectivity index (χ1n) is 7.64. The number of carbonyl (C=O) groups is 1. The van der Waals surface area contributed by atoms with Crippen LogP contribution in [0.5, 0.6) is 5.75 Å². The minimum atomic E-state index is -3.75. The van der Waals surface area contributed by atoms with Crippen molar-refractivity contribution in [2.45, 2.75) is 6.92 Å². The Morgan fingerprint density at radius 1 is 1.37 bits per heavy atom. The number of hydrogen-bond donors (Lipinski definition) is 1. The Kier molecular flexibility index (Phi) is 6.01. The smallest absolute Gasteiger partial charge is 0.348 e. The van der Waals surface area contributed by atoms with Crippen LogP contribution in [-0.4, -0.2) is 45.6 Å². The standard InChI is InChI=1S/C17H18N2O7S/c1-11-7-15(20)14(17(22)26-11)9-18-12-5-4-6-13(8-12)19(27(3,23)24)10-16(21)25-2/h4-9,20H,10H2,1-3H3. The number of esters is 1. The predicted octanol–water partition coefficient (Wildman–Crippen LogP) is 1.34. The molecule has 0 saturated carbocycles. The number of ether oxygens (including phenoxy) is 1. The molecule has 10 heteroatoms. The molecule has 0 saturated heterocycles. The zero-order valence-electron chi connectivity index (χ0n) is 14.9. The van der Waals surface area contributed by atoms with Crippen molar-refractivity contribution in [1.29, 1.82) is 0 Å². The molecule has 0 bridgehead atoms. The topological polar surface area (TPSA) is 126 Å². The minimum absolute atomic E-state index is 0.138. The quantitative estimate of drug-likeness (QED) is 0.579. The summed E-state index contributed by atoms with van der Waals surface area (Å²) < 4.78 is 34.3. The third-order valence-corrected chi connectivity index (χ3v) is 4.59. The van der Waals surface area contributed by atoms with Crippen molar-refractivity contribution in [1.82, 2.24) is 0 Å². The van der Waals surface area contributed by atoms with Crippen LogP contribution in [-0.2, 0) is 19.6 Å². The summed E-state index contributed by atoms with van der Waals surface area (Å²) in [5, 5.41) is 9.84. The lowest BCUT2D eigenvalue weighted by Gasteiger charge is -2.21. The molecule has 0 spiro atoms. The van der Waals surface area contributed by atoms with E-state index in [1.807, 2.05) is 0 Å². The van der Waals surface area contributed by atoms with Crippen molar-refractivity contribution >= 4 is 33.6 Å². The Morgan fingerprint density at radius 2 is 2.07 bits per heavy atom. The van der Waals surface area contributed by atoms with Crippen LogP contribution in [0.1, 0.15) is 11.3 Å². The Balaban J connectivity index is 2.39. The molecule has 0 fully saturated rings. The van der Waals surface area contributed by atoms with E-state index in [1.54, 1.807) is 6.07 Å². The number of carbonyl (C=O) groups excluding carboxylic acids is 1. The summed E-state index contributed by atoms with van der Waals surface area (Å²) in [7, 11) is -2.59. The van der Waals surface area contributed by atoms with E-state index in [-0.39, 0.29) is 22.8 Å². The molecule has 0 amide bonds. The van der Waals surface area contributed by atoms with Crippen molar-refractivity contribution in [2.24, 2.45) is 4.99 Å². The Labute approximate surface area is 155 Å². The number of benzene rings is 1. The second-order valence-corrected chi connectivity index (χ2v) is 7.47. The SMILES string of the molecule is COC(=O)CN(c1cccc(N=Cc2c(O)cc(C)oc2=O)c1)S(C)(=O)=O. The zero-order chi connectivity index (χ0) is 20.2. The molecule has 144 valence electrons. The fraction of sp³-hybridized carbons (Fsp3) is 0.235. The van der Waals surface area contributed by atoms with Gasteiger partial charge in [0.2, 0.25) is 10.0 Å². The van der Waals surface area contributed by atoms with Gasteiger partial charge in [-0.25, -0.2) is 13.2 Å². The van der Waals surface area contributed by atoms with Gasteiger partial charge in [0.1, 0.15) is 23.6 Å². The highest BCUT2D eigenvalue weighted by Crippen LogP contribution is 2.24. The second-order valence-electron chi connectivity index (χ2n) is 5.57. The van der Waals surface area contributed by atoms with E-state index in [4.69, 9.17) is 4.42 Å². The first-order chi connectivity index (χ1) is 12.6. The molecule has 2 aromatic rings. The molecular weight excluding hydrogens is 376 g/mol. The van der Waals surface area contributed by atoms with Gasteiger partial charge < -0.3 is 14.3 Å². The van der Waals surface area contributed by atoms with E-state index in [2.05, 4.69) is 9.73 Å². The number of hydrogen-bond acceptors (Lipinski definition) is 8. The van der Waals surface area contributed by atoms with Gasteiger partial charge in [0.15, 0.2) is 0 Å². The van der Waals surface area contributed by atoms with E-state index >= 15 is 0 Å². The summed E-state index contributed by atoms with van der Waals surface area (Å²) in [5.41, 5.74) is -0.403. The van der Waals surface area contributed by atoms with Gasteiger partial charge in [-0.05, 0) is 25.1 Å². The maximum absolute atomic E-state index is 12.0. The lowest BCUT2D eigenvalue weighted by molar-refractivity contribution is -0.138. The number of rotatable bonds is 6. The van der Waals surface area contributed by atoms with Gasteiger partial charge in [-0.2, -0.15) is 0 Å². The van der Waals surface area contributed by atoms with E-state index < -0.39 is 28.2 Å². The number of aryl methyl sites for hydroxylation is 1. The molecular formula is C17H18N2O7S. The molecule has 2 rings (SSSR count). The molecule has 0 atom stereocenters. The summed E-state index contributed by atoms with van der Waals surface area (Å²) >= 11 is 0. The number of aliphatic imine (C=N–C) groups is 1. The zero-order valence-corrected chi connectivity index (χ0v) is 15.7. The van der Waals surface area contributed by atoms with Crippen molar-refractivity contribution in [3.8, 4) is 5.75 Å². The maximum atomic E-state index is 12.0. The summed E-state index contributed by atoms with van der Waals surface area (Å²) in [4.78, 5) is 27.4. The van der Waals surface area contributed by atoms with Gasteiger partial charge in [0, 0.05) is 12.3 Å². The maximum Gasteiger partial charge on any atom is 0.348 e. The van der Waals surface area contributed by atoms with Crippen LogP contribution in [0.25, 0.3) is 0 Å². The molecule has 9 nitrogen and oxygen atoms in total. The van der Waals surface area contributed by atoms with Crippen molar-refractivity contribution < 1.29 is 27.5 Å². The van der Waals surface area contributed by atoms with Crippen LogP contribution in [0.2, 0.25) is 0 Å². The van der Waals surface area contributed by atoms with Crippen LogP contribution in [0.3, 0.4) is 0 Å². The fourth-order valence-electron chi connectivity index (χ4n) is 2.17. The number of nitrogens with zero attached hydrogens (tertiary/aromatic N) is 2. The summed E-state index contributed by atoms with van der Waals surface area (Å²) in [6, 6.07) is 7.27. The Morgan fingerprint density at radius 3 is 2.67 bits per heavy atom. The molecule has 0 aliphatic carbocycles. The van der Waals surface area contributed by atoms with E-state index in [0.717, 1.165) is 23.9 Å². The molecule has 1 aromatic carbocycles. The van der Waals surface area contributed by atoms with E-state index in [1.165, 1.54) is 31.2 Å². The molecule has 1 heterocycles. The lowest BCUT2D eigenvalue weighted by atomic mass is 10.2. The minimum Gasteiger partial charge on any atom is -0.507 e. The van der Waals surface area contributed by atoms with Crippen molar-refractivity contribution in [2.75, 3.05) is 24.2 Å². The van der Waals surface area contributed by atoms with Gasteiger partial charge in [-0.1, -0.05) is 6.07 Å². The number of anilines is 1. The molecule has 0 aliphatic heterocycles. The van der Waals surface area contributed by atoms with Gasteiger partial charge in [0.05, 0.1) is 24.7 Å². The molecule has 0 unspecified atom stereocenters. The molecule has 27 heavy (non-hydrogen) atoms. The Hall–Kier alpha value is -3.14. The second kappa shape index (κ2) is 8.04. The van der Waals surface area contributed by atoms with Crippen LogP contribution in [0, 0.1) is 6.92 Å². The first-order valence-corrected chi connectivity index (χ1v) is 9.49. The lowest BCUT2D eigenvalue weighted by Crippen LogP contribution is -2.35. The Bertz CT molecular complexity index is 1040. The van der Waals surface area contributed by atoms with E-state index in [9.17, 15) is 23.1 Å². The normalized spacial score (nSPS) is 11.5. The van der Waals surface area contributed by atoms with Gasteiger partial charge >= 0.3 is 11.6 Å². The summed E-state index contributed by atoms with van der Waals surface area (Å²) in [5.74, 6) is -0.758. The highest BCUT2D eigenvalue weighted by Gasteiger charge is 2.21. The summed E-state index contributed by atoms with van der Waals surface area (Å²) in [6.07, 6.45) is 2.08. The third-order valence-electron chi connectivity index (χ3n) is 3.45. The number of sulfonamides is 1. The van der Waals surface area contributed by atoms with Crippen molar-refractivity contribution in [3.05, 3.63) is 52.1 Å².